The fraction of sp³-hybridized carbons (Fsp3) is 0.286. The normalized spacial score (nSPS) is 10.5. The van der Waals surface area contributed by atoms with Crippen LogP contribution in [0.5, 0.6) is 0 Å². The lowest BCUT2D eigenvalue weighted by atomic mass is 10.2. The molecule has 2 aromatic rings. The van der Waals surface area contributed by atoms with Gasteiger partial charge in [-0.3, -0.25) is 4.79 Å². The first-order chi connectivity index (χ1) is 9.66. The van der Waals surface area contributed by atoms with E-state index in [2.05, 4.69) is 22.9 Å². The van der Waals surface area contributed by atoms with Crippen molar-refractivity contribution in [2.75, 3.05) is 6.54 Å². The lowest BCUT2D eigenvalue weighted by molar-refractivity contribution is 0.0952. The van der Waals surface area contributed by atoms with Crippen LogP contribution in [0, 0.1) is 5.82 Å². The van der Waals surface area contributed by atoms with Crippen LogP contribution < -0.4 is 5.32 Å². The van der Waals surface area contributed by atoms with Gasteiger partial charge in [-0.15, -0.1) is 12.6 Å². The Kier molecular flexibility index (Phi) is 5.17. The van der Waals surface area contributed by atoms with Gasteiger partial charge in [-0.05, 0) is 31.0 Å². The maximum absolute atomic E-state index is 13.0. The molecule has 20 heavy (non-hydrogen) atoms. The zero-order valence-corrected chi connectivity index (χ0v) is 11.8. The fourth-order valence-electron chi connectivity index (χ4n) is 1.80. The second kappa shape index (κ2) is 7.09. The first kappa shape index (κ1) is 14.6. The van der Waals surface area contributed by atoms with Crippen LogP contribution in [-0.2, 0) is 6.54 Å². The van der Waals surface area contributed by atoms with Crippen molar-refractivity contribution in [2.45, 2.75) is 24.3 Å². The largest absolute Gasteiger partial charge is 0.352 e. The van der Waals surface area contributed by atoms with Crippen molar-refractivity contribution in [3.05, 3.63) is 48.3 Å². The first-order valence-electron chi connectivity index (χ1n) is 6.39. The van der Waals surface area contributed by atoms with Gasteiger partial charge in [-0.1, -0.05) is 0 Å². The molecule has 0 aliphatic rings. The Bertz CT molecular complexity index is 572. The first-order valence-corrected chi connectivity index (χ1v) is 6.84. The lowest BCUT2D eigenvalue weighted by Crippen LogP contribution is -2.24. The van der Waals surface area contributed by atoms with Crippen molar-refractivity contribution in [3.8, 4) is 0 Å². The molecule has 0 saturated heterocycles. The third-order valence-corrected chi connectivity index (χ3v) is 3.24. The molecule has 1 heterocycles. The number of aromatic nitrogens is 2. The highest BCUT2D eigenvalue weighted by atomic mass is 32.1. The molecule has 0 aliphatic heterocycles. The molecule has 0 aliphatic carbocycles. The monoisotopic (exact) mass is 293 g/mol. The maximum atomic E-state index is 13.0. The molecule has 0 unspecified atom stereocenters. The van der Waals surface area contributed by atoms with Gasteiger partial charge in [0.25, 0.3) is 5.91 Å². The Morgan fingerprint density at radius 1 is 1.40 bits per heavy atom. The molecular formula is C14H16FN3OS. The zero-order valence-electron chi connectivity index (χ0n) is 10.9. The van der Waals surface area contributed by atoms with E-state index < -0.39 is 5.82 Å². The van der Waals surface area contributed by atoms with Gasteiger partial charge in [0.1, 0.15) is 5.82 Å². The van der Waals surface area contributed by atoms with E-state index in [0.29, 0.717) is 12.1 Å². The Hall–Kier alpha value is -1.82. The molecule has 0 fully saturated rings. The number of hydrogen-bond acceptors (Lipinski definition) is 3. The number of aryl methyl sites for hydroxylation is 1. The van der Waals surface area contributed by atoms with E-state index in [4.69, 9.17) is 0 Å². The topological polar surface area (TPSA) is 46.9 Å². The fourth-order valence-corrected chi connectivity index (χ4v) is 2.01. The number of benzene rings is 1. The van der Waals surface area contributed by atoms with Crippen molar-refractivity contribution < 1.29 is 9.18 Å². The Morgan fingerprint density at radius 2 is 2.25 bits per heavy atom. The SMILES string of the molecule is O=C(NCCCCn1ccnc1)c1ccc(F)c(S)c1. The number of imidazole rings is 1. The standard InChI is InChI=1S/C14H16FN3OS/c15-12-4-3-11(9-13(12)20)14(19)17-5-1-2-7-18-8-6-16-10-18/h3-4,6,8-10,20H,1-2,5,7H2,(H,17,19). The minimum Gasteiger partial charge on any atom is -0.352 e. The number of carbonyl (C=O) groups excluding carboxylic acids is 1. The van der Waals surface area contributed by atoms with Crippen molar-refractivity contribution in [2.24, 2.45) is 0 Å². The number of thiol groups is 1. The van der Waals surface area contributed by atoms with Gasteiger partial charge < -0.3 is 9.88 Å². The molecule has 0 atom stereocenters. The number of nitrogens with one attached hydrogen (secondary N) is 1. The van der Waals surface area contributed by atoms with Crippen LogP contribution in [-0.4, -0.2) is 22.0 Å². The molecule has 0 saturated carbocycles. The zero-order chi connectivity index (χ0) is 14.4. The van der Waals surface area contributed by atoms with Crippen molar-refractivity contribution >= 4 is 18.5 Å². The van der Waals surface area contributed by atoms with Gasteiger partial charge >= 0.3 is 0 Å². The van der Waals surface area contributed by atoms with E-state index in [9.17, 15) is 9.18 Å². The van der Waals surface area contributed by atoms with Gasteiger partial charge in [0, 0.05) is 35.9 Å². The summed E-state index contributed by atoms with van der Waals surface area (Å²) in [7, 11) is 0. The number of nitrogens with zero attached hydrogens (tertiary/aromatic N) is 2. The van der Waals surface area contributed by atoms with Crippen molar-refractivity contribution in [3.63, 3.8) is 0 Å². The van der Waals surface area contributed by atoms with Crippen LogP contribution in [0.25, 0.3) is 0 Å². The van der Waals surface area contributed by atoms with Gasteiger partial charge in [0.05, 0.1) is 6.33 Å². The number of unbranched alkanes of at least 4 members (excludes halogenated alkanes) is 1. The summed E-state index contributed by atoms with van der Waals surface area (Å²) in [6.45, 7) is 1.47. The third kappa shape index (κ3) is 4.09. The summed E-state index contributed by atoms with van der Waals surface area (Å²) in [6.07, 6.45) is 7.25. The predicted octanol–water partition coefficient (Wildman–Crippen LogP) is 2.52. The summed E-state index contributed by atoms with van der Waals surface area (Å²) in [5, 5.41) is 2.81. The van der Waals surface area contributed by atoms with E-state index in [0.717, 1.165) is 19.4 Å². The van der Waals surface area contributed by atoms with Gasteiger partial charge in [-0.2, -0.15) is 0 Å². The molecule has 0 spiro atoms. The van der Waals surface area contributed by atoms with E-state index in [-0.39, 0.29) is 10.8 Å². The van der Waals surface area contributed by atoms with Crippen LogP contribution in [0.2, 0.25) is 0 Å². The molecular weight excluding hydrogens is 277 g/mol. The van der Waals surface area contributed by atoms with Crippen molar-refractivity contribution in [1.82, 2.24) is 14.9 Å². The van der Waals surface area contributed by atoms with Crippen LogP contribution in [0.1, 0.15) is 23.2 Å². The van der Waals surface area contributed by atoms with Crippen molar-refractivity contribution in [1.29, 1.82) is 0 Å². The average Bonchev–Trinajstić information content (AvgIpc) is 2.94. The highest BCUT2D eigenvalue weighted by molar-refractivity contribution is 7.80. The average molecular weight is 293 g/mol. The minimum absolute atomic E-state index is 0.178. The molecule has 6 heteroatoms. The summed E-state index contributed by atoms with van der Waals surface area (Å²) in [4.78, 5) is 16.0. The second-order valence-electron chi connectivity index (χ2n) is 4.43. The number of hydrogen-bond donors (Lipinski definition) is 2. The summed E-state index contributed by atoms with van der Waals surface area (Å²) < 4.78 is 15.0. The van der Waals surface area contributed by atoms with Gasteiger partial charge in [-0.25, -0.2) is 9.37 Å². The Balaban J connectivity index is 1.70. The molecule has 4 nitrogen and oxygen atoms in total. The molecule has 106 valence electrons. The van der Waals surface area contributed by atoms with Crippen LogP contribution >= 0.6 is 12.6 Å². The third-order valence-electron chi connectivity index (χ3n) is 2.90. The van der Waals surface area contributed by atoms with E-state index in [1.165, 1.54) is 18.2 Å². The number of amides is 1. The predicted molar refractivity (Wildman–Crippen MR) is 77.4 cm³/mol. The molecule has 1 aromatic heterocycles. The summed E-state index contributed by atoms with van der Waals surface area (Å²) in [6, 6.07) is 4.13. The van der Waals surface area contributed by atoms with Crippen LogP contribution in [0.15, 0.2) is 41.8 Å². The summed E-state index contributed by atoms with van der Waals surface area (Å²) in [5.74, 6) is -0.631. The molecule has 2 rings (SSSR count). The van der Waals surface area contributed by atoms with E-state index >= 15 is 0 Å². The molecule has 0 bridgehead atoms. The summed E-state index contributed by atoms with van der Waals surface area (Å²) in [5.41, 5.74) is 0.422. The molecule has 0 radical (unpaired) electrons. The van der Waals surface area contributed by atoms with E-state index in [1.807, 2.05) is 10.8 Å². The smallest absolute Gasteiger partial charge is 0.251 e. The number of carbonyl (C=O) groups is 1. The summed E-state index contributed by atoms with van der Waals surface area (Å²) >= 11 is 3.96. The quantitative estimate of drug-likeness (QED) is 0.635. The second-order valence-corrected chi connectivity index (χ2v) is 4.91. The molecule has 1 aromatic carbocycles. The Morgan fingerprint density at radius 3 is 2.95 bits per heavy atom. The number of halogens is 1. The molecule has 1 N–H and O–H groups in total. The van der Waals surface area contributed by atoms with Gasteiger partial charge in [0.2, 0.25) is 0 Å². The van der Waals surface area contributed by atoms with Crippen LogP contribution in [0.3, 0.4) is 0 Å². The minimum atomic E-state index is -0.426. The maximum Gasteiger partial charge on any atom is 0.251 e. The lowest BCUT2D eigenvalue weighted by Gasteiger charge is -2.06. The highest BCUT2D eigenvalue weighted by Gasteiger charge is 2.07. The Labute approximate surface area is 122 Å². The highest BCUT2D eigenvalue weighted by Crippen LogP contribution is 2.14. The van der Waals surface area contributed by atoms with Crippen LogP contribution in [0.4, 0.5) is 4.39 Å². The van der Waals surface area contributed by atoms with E-state index in [1.54, 1.807) is 12.5 Å². The number of rotatable bonds is 6. The van der Waals surface area contributed by atoms with Gasteiger partial charge in [0.15, 0.2) is 0 Å². The molecule has 1 amide bonds.